The van der Waals surface area contributed by atoms with E-state index in [2.05, 4.69) is 29.6 Å². The van der Waals surface area contributed by atoms with Gasteiger partial charge in [0.15, 0.2) is 0 Å². The van der Waals surface area contributed by atoms with Gasteiger partial charge in [0.2, 0.25) is 0 Å². The summed E-state index contributed by atoms with van der Waals surface area (Å²) in [4.78, 5) is 0. The topological polar surface area (TPSA) is 32.3 Å². The van der Waals surface area contributed by atoms with Gasteiger partial charge < -0.3 is 10.4 Å². The van der Waals surface area contributed by atoms with E-state index in [1.165, 1.54) is 5.57 Å². The molecule has 2 heteroatoms. The van der Waals surface area contributed by atoms with Crippen molar-refractivity contribution in [3.63, 3.8) is 0 Å². The van der Waals surface area contributed by atoms with E-state index in [1.807, 2.05) is 6.08 Å². The second-order valence-electron chi connectivity index (χ2n) is 3.93. The van der Waals surface area contributed by atoms with Crippen LogP contribution >= 0.6 is 0 Å². The third-order valence-electron chi connectivity index (χ3n) is 2.95. The molecule has 14 heavy (non-hydrogen) atoms. The molecular weight excluding hydrogens is 174 g/mol. The maximum absolute atomic E-state index is 9.86. The second-order valence-corrected chi connectivity index (χ2v) is 3.93. The van der Waals surface area contributed by atoms with E-state index in [-0.39, 0.29) is 6.10 Å². The van der Waals surface area contributed by atoms with Crippen LogP contribution in [-0.2, 0) is 0 Å². The van der Waals surface area contributed by atoms with Gasteiger partial charge in [0.1, 0.15) is 0 Å². The molecule has 1 fully saturated rings. The minimum Gasteiger partial charge on any atom is -0.391 e. The minimum atomic E-state index is -0.213. The number of allylic oxidation sites excluding steroid dienone is 5. The highest BCUT2D eigenvalue weighted by atomic mass is 16.3. The van der Waals surface area contributed by atoms with Crippen LogP contribution in [0.3, 0.4) is 0 Å². The van der Waals surface area contributed by atoms with E-state index in [0.717, 1.165) is 25.9 Å². The summed E-state index contributed by atoms with van der Waals surface area (Å²) in [5.74, 6) is 0.351. The molecule has 0 radical (unpaired) electrons. The van der Waals surface area contributed by atoms with Gasteiger partial charge in [-0.1, -0.05) is 36.0 Å². The van der Waals surface area contributed by atoms with Gasteiger partial charge in [-0.2, -0.15) is 0 Å². The standard InChI is InChI=1S/C12H17NO/c14-12-9-13-8-7-11(12)10-5-3-1-2-4-6-10/h1-5,11-14H,6-9H2/t11-,12+/m0/s1. The smallest absolute Gasteiger partial charge is 0.0730 e. The number of nitrogens with one attached hydrogen (secondary N) is 1. The van der Waals surface area contributed by atoms with Crippen LogP contribution in [-0.4, -0.2) is 24.3 Å². The predicted octanol–water partition coefficient (Wildman–Crippen LogP) is 1.40. The molecule has 2 aliphatic rings. The molecule has 1 aliphatic heterocycles. The van der Waals surface area contributed by atoms with Crippen LogP contribution < -0.4 is 5.32 Å². The van der Waals surface area contributed by atoms with Crippen LogP contribution in [0.4, 0.5) is 0 Å². The van der Waals surface area contributed by atoms with Crippen molar-refractivity contribution < 1.29 is 5.11 Å². The van der Waals surface area contributed by atoms with Crippen molar-refractivity contribution >= 4 is 0 Å². The molecule has 76 valence electrons. The molecule has 2 rings (SSSR count). The fraction of sp³-hybridized carbons (Fsp3) is 0.500. The summed E-state index contributed by atoms with van der Waals surface area (Å²) in [6.07, 6.45) is 12.3. The van der Waals surface area contributed by atoms with E-state index in [1.54, 1.807) is 0 Å². The Balaban J connectivity index is 2.08. The van der Waals surface area contributed by atoms with Gasteiger partial charge >= 0.3 is 0 Å². The lowest BCUT2D eigenvalue weighted by molar-refractivity contribution is 0.0987. The van der Waals surface area contributed by atoms with Crippen molar-refractivity contribution in [3.8, 4) is 0 Å². The summed E-state index contributed by atoms with van der Waals surface area (Å²) < 4.78 is 0. The summed E-state index contributed by atoms with van der Waals surface area (Å²) in [6.45, 7) is 1.75. The Morgan fingerprint density at radius 2 is 2.21 bits per heavy atom. The summed E-state index contributed by atoms with van der Waals surface area (Å²) in [5, 5.41) is 13.1. The van der Waals surface area contributed by atoms with Crippen LogP contribution in [0.2, 0.25) is 0 Å². The summed E-state index contributed by atoms with van der Waals surface area (Å²) in [6, 6.07) is 0. The normalized spacial score (nSPS) is 32.5. The second kappa shape index (κ2) is 4.58. The lowest BCUT2D eigenvalue weighted by Crippen LogP contribution is -2.41. The van der Waals surface area contributed by atoms with Gasteiger partial charge in [-0.05, 0) is 19.4 Å². The highest BCUT2D eigenvalue weighted by Crippen LogP contribution is 2.25. The van der Waals surface area contributed by atoms with Crippen LogP contribution in [0.5, 0.6) is 0 Å². The van der Waals surface area contributed by atoms with Gasteiger partial charge in [-0.25, -0.2) is 0 Å². The number of hydrogen-bond donors (Lipinski definition) is 2. The molecule has 0 saturated carbocycles. The zero-order valence-corrected chi connectivity index (χ0v) is 8.32. The fourth-order valence-corrected chi connectivity index (χ4v) is 2.14. The molecule has 0 amide bonds. The van der Waals surface area contributed by atoms with E-state index < -0.39 is 0 Å². The lowest BCUT2D eigenvalue weighted by atomic mass is 9.86. The Bertz CT molecular complexity index is 278. The summed E-state index contributed by atoms with van der Waals surface area (Å²) in [5.41, 5.74) is 1.36. The fourth-order valence-electron chi connectivity index (χ4n) is 2.14. The molecular formula is C12H17NO. The maximum atomic E-state index is 9.86. The zero-order chi connectivity index (χ0) is 9.80. The SMILES string of the molecule is O[C@@H]1CNCC[C@H]1C1=CC=CC=CC1. The van der Waals surface area contributed by atoms with Crippen molar-refractivity contribution in [2.75, 3.05) is 13.1 Å². The number of rotatable bonds is 1. The van der Waals surface area contributed by atoms with Crippen molar-refractivity contribution in [1.29, 1.82) is 0 Å². The van der Waals surface area contributed by atoms with Crippen molar-refractivity contribution in [2.45, 2.75) is 18.9 Å². The average Bonchev–Trinajstić information content (AvgIpc) is 2.47. The summed E-state index contributed by atoms with van der Waals surface area (Å²) >= 11 is 0. The lowest BCUT2D eigenvalue weighted by Gasteiger charge is -2.30. The number of piperidine rings is 1. The number of hydrogen-bond acceptors (Lipinski definition) is 2. The predicted molar refractivity (Wildman–Crippen MR) is 58.0 cm³/mol. The molecule has 0 aromatic rings. The van der Waals surface area contributed by atoms with Crippen LogP contribution in [0.1, 0.15) is 12.8 Å². The van der Waals surface area contributed by atoms with Gasteiger partial charge in [0.25, 0.3) is 0 Å². The highest BCUT2D eigenvalue weighted by molar-refractivity contribution is 5.26. The molecule has 2 atom stereocenters. The Morgan fingerprint density at radius 1 is 1.29 bits per heavy atom. The van der Waals surface area contributed by atoms with Crippen LogP contribution in [0.25, 0.3) is 0 Å². The summed E-state index contributed by atoms with van der Waals surface area (Å²) in [7, 11) is 0. The van der Waals surface area contributed by atoms with Crippen LogP contribution in [0.15, 0.2) is 36.0 Å². The molecule has 2 N–H and O–H groups in total. The monoisotopic (exact) mass is 191 g/mol. The first-order valence-corrected chi connectivity index (χ1v) is 5.29. The zero-order valence-electron chi connectivity index (χ0n) is 8.32. The third-order valence-corrected chi connectivity index (χ3v) is 2.95. The van der Waals surface area contributed by atoms with E-state index in [4.69, 9.17) is 0 Å². The third kappa shape index (κ3) is 2.14. The Kier molecular flexibility index (Phi) is 3.17. The molecule has 1 heterocycles. The first-order chi connectivity index (χ1) is 6.88. The first-order valence-electron chi connectivity index (χ1n) is 5.29. The molecule has 0 spiro atoms. The average molecular weight is 191 g/mol. The van der Waals surface area contributed by atoms with Gasteiger partial charge in [-0.15, -0.1) is 0 Å². The molecule has 0 bridgehead atoms. The first kappa shape index (κ1) is 9.69. The van der Waals surface area contributed by atoms with E-state index in [0.29, 0.717) is 5.92 Å². The molecule has 2 nitrogen and oxygen atoms in total. The largest absolute Gasteiger partial charge is 0.391 e. The highest BCUT2D eigenvalue weighted by Gasteiger charge is 2.25. The van der Waals surface area contributed by atoms with Gasteiger partial charge in [0.05, 0.1) is 6.10 Å². The minimum absolute atomic E-state index is 0.213. The Labute approximate surface area is 85.0 Å². The molecule has 1 aliphatic carbocycles. The number of aliphatic hydroxyl groups excluding tert-OH is 1. The van der Waals surface area contributed by atoms with Crippen molar-refractivity contribution in [2.24, 2.45) is 5.92 Å². The molecule has 0 unspecified atom stereocenters. The van der Waals surface area contributed by atoms with Crippen molar-refractivity contribution in [3.05, 3.63) is 36.0 Å². The van der Waals surface area contributed by atoms with E-state index >= 15 is 0 Å². The quantitative estimate of drug-likeness (QED) is 0.656. The molecule has 0 aromatic heterocycles. The Morgan fingerprint density at radius 3 is 3.07 bits per heavy atom. The van der Waals surface area contributed by atoms with Gasteiger partial charge in [-0.3, -0.25) is 0 Å². The maximum Gasteiger partial charge on any atom is 0.0730 e. The number of aliphatic hydroxyl groups is 1. The molecule has 0 aromatic carbocycles. The van der Waals surface area contributed by atoms with Crippen LogP contribution in [0, 0.1) is 5.92 Å². The number of β-amino-alcohol motifs (C(OH)–C–C–N with tert-alkyl or cyclic N) is 1. The van der Waals surface area contributed by atoms with Gasteiger partial charge in [0, 0.05) is 12.5 Å². The molecule has 1 saturated heterocycles. The Hall–Kier alpha value is -0.860. The van der Waals surface area contributed by atoms with E-state index in [9.17, 15) is 5.11 Å². The van der Waals surface area contributed by atoms with Crippen molar-refractivity contribution in [1.82, 2.24) is 5.32 Å².